The van der Waals surface area contributed by atoms with Gasteiger partial charge in [0.2, 0.25) is 0 Å². The fraction of sp³-hybridized carbons (Fsp3) is 0.353. The van der Waals surface area contributed by atoms with Crippen LogP contribution in [0.1, 0.15) is 30.4 Å². The van der Waals surface area contributed by atoms with E-state index in [1.54, 1.807) is 44.4 Å². The van der Waals surface area contributed by atoms with E-state index < -0.39 is 11.6 Å². The molecule has 1 aliphatic heterocycles. The number of rotatable bonds is 5. The third-order valence-electron chi connectivity index (χ3n) is 4.28. The Hall–Kier alpha value is -2.83. The second kappa shape index (κ2) is 5.99. The highest BCUT2D eigenvalue weighted by molar-refractivity contribution is 6.07. The molecule has 1 atom stereocenters. The van der Waals surface area contributed by atoms with E-state index in [-0.39, 0.29) is 12.5 Å². The highest BCUT2D eigenvalue weighted by Crippen LogP contribution is 2.34. The number of imide groups is 1. The van der Waals surface area contributed by atoms with Crippen LogP contribution in [0, 0.1) is 6.92 Å². The maximum atomic E-state index is 13.0. The predicted octanol–water partition coefficient (Wildman–Crippen LogP) is 2.35. The van der Waals surface area contributed by atoms with Crippen molar-refractivity contribution in [3.05, 3.63) is 47.3 Å². The summed E-state index contributed by atoms with van der Waals surface area (Å²) in [5.74, 6) is 0.864. The normalized spacial score (nSPS) is 20.4. The lowest BCUT2D eigenvalue weighted by molar-refractivity contribution is -0.132. The van der Waals surface area contributed by atoms with Gasteiger partial charge in [0, 0.05) is 6.07 Å². The van der Waals surface area contributed by atoms with Gasteiger partial charge in [0.15, 0.2) is 5.76 Å². The molecule has 0 aliphatic carbocycles. The molecule has 126 valence electrons. The number of aryl methyl sites for hydroxylation is 1. The van der Waals surface area contributed by atoms with Crippen LogP contribution in [-0.4, -0.2) is 29.1 Å². The summed E-state index contributed by atoms with van der Waals surface area (Å²) < 4.78 is 10.3. The Kier molecular flexibility index (Phi) is 4.01. The van der Waals surface area contributed by atoms with Crippen molar-refractivity contribution < 1.29 is 18.8 Å². The fourth-order valence-electron chi connectivity index (χ4n) is 2.93. The molecule has 1 aromatic carbocycles. The van der Waals surface area contributed by atoms with Gasteiger partial charge in [0.05, 0.1) is 19.3 Å². The summed E-state index contributed by atoms with van der Waals surface area (Å²) in [5, 5.41) is 6.62. The van der Waals surface area contributed by atoms with Crippen LogP contribution in [0.25, 0.3) is 0 Å². The van der Waals surface area contributed by atoms with Gasteiger partial charge in [-0.3, -0.25) is 9.69 Å². The Labute approximate surface area is 139 Å². The van der Waals surface area contributed by atoms with Crippen molar-refractivity contribution in [3.63, 3.8) is 0 Å². The van der Waals surface area contributed by atoms with Crippen LogP contribution in [0.4, 0.5) is 4.79 Å². The highest BCUT2D eigenvalue weighted by Gasteiger charge is 2.51. The molecule has 0 unspecified atom stereocenters. The van der Waals surface area contributed by atoms with Crippen LogP contribution in [0.2, 0.25) is 0 Å². The predicted molar refractivity (Wildman–Crippen MR) is 85.3 cm³/mol. The Bertz CT molecular complexity index is 768. The van der Waals surface area contributed by atoms with E-state index >= 15 is 0 Å². The van der Waals surface area contributed by atoms with Crippen LogP contribution in [0.3, 0.4) is 0 Å². The number of hydrogen-bond acceptors (Lipinski definition) is 5. The summed E-state index contributed by atoms with van der Waals surface area (Å²) in [6, 6.07) is 8.40. The number of carbonyl (C=O) groups excluding carboxylic acids is 2. The number of hydrogen-bond donors (Lipinski definition) is 1. The Balaban J connectivity index is 1.91. The molecule has 0 spiro atoms. The number of urea groups is 1. The standard InChI is InChI=1S/C17H19N3O4/c1-4-17(12-5-7-13(23-3)8-6-12)15(21)20(16(22)18-17)10-14-9-11(2)19-24-14/h5-9H,4,10H2,1-3H3,(H,18,22)/t17-/m0/s1. The summed E-state index contributed by atoms with van der Waals surface area (Å²) in [5.41, 5.74) is 0.354. The van der Waals surface area contributed by atoms with Gasteiger partial charge in [-0.05, 0) is 31.0 Å². The summed E-state index contributed by atoms with van der Waals surface area (Å²) in [6.45, 7) is 3.71. The molecule has 7 nitrogen and oxygen atoms in total. The summed E-state index contributed by atoms with van der Waals surface area (Å²) in [7, 11) is 1.58. The van der Waals surface area contributed by atoms with Gasteiger partial charge in [-0.2, -0.15) is 0 Å². The molecule has 2 heterocycles. The van der Waals surface area contributed by atoms with E-state index in [4.69, 9.17) is 9.26 Å². The number of carbonyl (C=O) groups is 2. The van der Waals surface area contributed by atoms with Crippen LogP contribution in [0.5, 0.6) is 5.75 Å². The van der Waals surface area contributed by atoms with Gasteiger partial charge in [0.25, 0.3) is 5.91 Å². The van der Waals surface area contributed by atoms with Crippen molar-refractivity contribution in [1.29, 1.82) is 0 Å². The monoisotopic (exact) mass is 329 g/mol. The minimum Gasteiger partial charge on any atom is -0.497 e. The zero-order valence-electron chi connectivity index (χ0n) is 13.8. The lowest BCUT2D eigenvalue weighted by Gasteiger charge is -2.25. The summed E-state index contributed by atoms with van der Waals surface area (Å²) in [6.07, 6.45) is 0.440. The van der Waals surface area contributed by atoms with Crippen molar-refractivity contribution in [2.45, 2.75) is 32.4 Å². The van der Waals surface area contributed by atoms with Gasteiger partial charge in [-0.1, -0.05) is 24.2 Å². The molecule has 0 radical (unpaired) electrons. The molecule has 2 aromatic rings. The first-order valence-corrected chi connectivity index (χ1v) is 7.71. The summed E-state index contributed by atoms with van der Waals surface area (Å²) >= 11 is 0. The van der Waals surface area contributed by atoms with E-state index in [9.17, 15) is 9.59 Å². The molecular formula is C17H19N3O4. The average molecular weight is 329 g/mol. The smallest absolute Gasteiger partial charge is 0.325 e. The zero-order valence-corrected chi connectivity index (χ0v) is 13.8. The van der Waals surface area contributed by atoms with E-state index in [1.165, 1.54) is 0 Å². The molecule has 1 fully saturated rings. The van der Waals surface area contributed by atoms with Gasteiger partial charge in [-0.15, -0.1) is 0 Å². The number of ether oxygens (including phenoxy) is 1. The Morgan fingerprint density at radius 1 is 1.29 bits per heavy atom. The molecule has 1 saturated heterocycles. The third-order valence-corrected chi connectivity index (χ3v) is 4.28. The quantitative estimate of drug-likeness (QED) is 0.851. The van der Waals surface area contributed by atoms with Crippen molar-refractivity contribution >= 4 is 11.9 Å². The number of aromatic nitrogens is 1. The van der Waals surface area contributed by atoms with Crippen molar-refractivity contribution in [1.82, 2.24) is 15.4 Å². The second-order valence-corrected chi connectivity index (χ2v) is 5.74. The van der Waals surface area contributed by atoms with Gasteiger partial charge in [0.1, 0.15) is 11.3 Å². The number of amides is 3. The number of nitrogens with one attached hydrogen (secondary N) is 1. The Morgan fingerprint density at radius 3 is 2.54 bits per heavy atom. The topological polar surface area (TPSA) is 84.7 Å². The molecular weight excluding hydrogens is 310 g/mol. The molecule has 7 heteroatoms. The first-order valence-electron chi connectivity index (χ1n) is 7.71. The van der Waals surface area contributed by atoms with E-state index in [1.807, 2.05) is 6.92 Å². The first-order chi connectivity index (χ1) is 11.5. The summed E-state index contributed by atoms with van der Waals surface area (Å²) in [4.78, 5) is 26.5. The molecule has 24 heavy (non-hydrogen) atoms. The largest absolute Gasteiger partial charge is 0.497 e. The minimum atomic E-state index is -1.07. The Morgan fingerprint density at radius 2 is 2.00 bits per heavy atom. The van der Waals surface area contributed by atoms with Crippen LogP contribution >= 0.6 is 0 Å². The highest BCUT2D eigenvalue weighted by atomic mass is 16.5. The minimum absolute atomic E-state index is 0.0589. The molecule has 3 amide bonds. The maximum Gasteiger partial charge on any atom is 0.325 e. The third kappa shape index (κ3) is 2.51. The second-order valence-electron chi connectivity index (χ2n) is 5.74. The first kappa shape index (κ1) is 16.0. The number of nitrogens with zero attached hydrogens (tertiary/aromatic N) is 2. The molecule has 1 aromatic heterocycles. The molecule has 3 rings (SSSR count). The van der Waals surface area contributed by atoms with Crippen LogP contribution in [0.15, 0.2) is 34.9 Å². The van der Waals surface area contributed by atoms with E-state index in [0.717, 1.165) is 10.5 Å². The lowest BCUT2D eigenvalue weighted by Crippen LogP contribution is -2.43. The number of methoxy groups -OCH3 is 1. The molecule has 0 bridgehead atoms. The van der Waals surface area contributed by atoms with Gasteiger partial charge < -0.3 is 14.6 Å². The zero-order chi connectivity index (χ0) is 17.3. The molecule has 0 saturated carbocycles. The fourth-order valence-corrected chi connectivity index (χ4v) is 2.93. The molecule has 1 N–H and O–H groups in total. The van der Waals surface area contributed by atoms with Gasteiger partial charge in [-0.25, -0.2) is 4.79 Å². The van der Waals surface area contributed by atoms with Gasteiger partial charge >= 0.3 is 6.03 Å². The van der Waals surface area contributed by atoms with Crippen molar-refractivity contribution in [3.8, 4) is 5.75 Å². The van der Waals surface area contributed by atoms with Crippen molar-refractivity contribution in [2.24, 2.45) is 0 Å². The van der Waals surface area contributed by atoms with Crippen LogP contribution in [-0.2, 0) is 16.9 Å². The molecule has 1 aliphatic rings. The van der Waals surface area contributed by atoms with Crippen LogP contribution < -0.4 is 10.1 Å². The van der Waals surface area contributed by atoms with E-state index in [2.05, 4.69) is 10.5 Å². The maximum absolute atomic E-state index is 13.0. The average Bonchev–Trinajstić information content (AvgIpc) is 3.11. The SMILES string of the molecule is CC[C@@]1(c2ccc(OC)cc2)NC(=O)N(Cc2cc(C)no2)C1=O. The van der Waals surface area contributed by atoms with Crippen molar-refractivity contribution in [2.75, 3.05) is 7.11 Å². The van der Waals surface area contributed by atoms with E-state index in [0.29, 0.717) is 23.6 Å². The lowest BCUT2D eigenvalue weighted by atomic mass is 9.87. The number of benzene rings is 1.